The fourth-order valence-electron chi connectivity index (χ4n) is 3.02. The molecule has 0 aromatic heterocycles. The number of benzene rings is 2. The van der Waals surface area contributed by atoms with E-state index >= 15 is 0 Å². The molecule has 0 heterocycles. The van der Waals surface area contributed by atoms with Gasteiger partial charge < -0.3 is 19.7 Å². The lowest BCUT2D eigenvalue weighted by molar-refractivity contribution is 0.103. The van der Waals surface area contributed by atoms with Crippen molar-refractivity contribution in [3.05, 3.63) is 47.5 Å². The summed E-state index contributed by atoms with van der Waals surface area (Å²) in [6.45, 7) is 2.73. The van der Waals surface area contributed by atoms with Gasteiger partial charge in [0.15, 0.2) is 5.78 Å². The van der Waals surface area contributed by atoms with Crippen molar-refractivity contribution < 1.29 is 35.9 Å². The van der Waals surface area contributed by atoms with Gasteiger partial charge in [0.2, 0.25) is 0 Å². The molecule has 0 amide bonds. The van der Waals surface area contributed by atoms with Crippen molar-refractivity contribution in [2.45, 2.75) is 45.4 Å². The maximum atomic E-state index is 12.8. The molecule has 0 atom stereocenters. The first-order valence-corrected chi connectivity index (χ1v) is 11.0. The SMILES string of the molecule is C#CC#CC#CC#COc1ccc(C(=O)c2ccc(OCCCCCCCC)cc2O)c(O)c1.[HH].[HH].[HH].[HH].[HH].[HH].[HH].[HH]. The summed E-state index contributed by atoms with van der Waals surface area (Å²) in [5.74, 6) is 13.8. The Labute approximate surface area is 213 Å². The van der Waals surface area contributed by atoms with E-state index in [1.165, 1.54) is 56.0 Å². The normalized spacial score (nSPS) is 9.18. The third-order valence-electron chi connectivity index (χ3n) is 4.74. The molecule has 0 aliphatic heterocycles. The molecule has 0 fully saturated rings. The Kier molecular flexibility index (Phi) is 11.1. The molecule has 2 rings (SSSR count). The van der Waals surface area contributed by atoms with Gasteiger partial charge in [0.1, 0.15) is 29.1 Å². The van der Waals surface area contributed by atoms with Gasteiger partial charge in [0.05, 0.1) is 17.7 Å². The van der Waals surface area contributed by atoms with Crippen LogP contribution in [0.15, 0.2) is 36.4 Å². The van der Waals surface area contributed by atoms with Crippen molar-refractivity contribution in [3.8, 4) is 71.1 Å². The van der Waals surface area contributed by atoms with Crippen LogP contribution in [-0.2, 0) is 0 Å². The van der Waals surface area contributed by atoms with E-state index < -0.39 is 5.78 Å². The van der Waals surface area contributed by atoms with Crippen LogP contribution in [0.25, 0.3) is 0 Å². The fraction of sp³-hybridized carbons (Fsp3) is 0.276. The number of ether oxygens (including phenoxy) is 2. The van der Waals surface area contributed by atoms with Crippen LogP contribution in [-0.4, -0.2) is 22.6 Å². The number of hydrogen-bond acceptors (Lipinski definition) is 5. The lowest BCUT2D eigenvalue weighted by Gasteiger charge is -2.10. The summed E-state index contributed by atoms with van der Waals surface area (Å²) in [7, 11) is 0. The molecule has 0 bridgehead atoms. The summed E-state index contributed by atoms with van der Waals surface area (Å²) < 4.78 is 10.8. The minimum atomic E-state index is -0.534. The molecular formula is C29H42O5. The van der Waals surface area contributed by atoms with Gasteiger partial charge in [0, 0.05) is 41.3 Å². The molecule has 2 N–H and O–H groups in total. The summed E-state index contributed by atoms with van der Waals surface area (Å²) in [5, 5.41) is 20.6. The number of phenolic OH excluding ortho intramolecular Hbond substituents is 2. The number of hydrogen-bond donors (Lipinski definition) is 2. The van der Waals surface area contributed by atoms with E-state index in [0.717, 1.165) is 12.8 Å². The molecule has 0 spiro atoms. The Morgan fingerprint density at radius 3 is 2.12 bits per heavy atom. The summed E-state index contributed by atoms with van der Waals surface area (Å²) in [6, 6.07) is 8.63. The average molecular weight is 471 g/mol. The molecule has 188 valence electrons. The Morgan fingerprint density at radius 2 is 1.44 bits per heavy atom. The van der Waals surface area contributed by atoms with Crippen LogP contribution >= 0.6 is 0 Å². The monoisotopic (exact) mass is 470 g/mol. The van der Waals surface area contributed by atoms with Gasteiger partial charge in [-0.1, -0.05) is 39.0 Å². The fourth-order valence-corrected chi connectivity index (χ4v) is 3.02. The largest absolute Gasteiger partial charge is 0.507 e. The van der Waals surface area contributed by atoms with E-state index in [1.807, 2.05) is 0 Å². The molecule has 0 aliphatic carbocycles. The number of aromatic hydroxyl groups is 2. The Hall–Kier alpha value is -4.45. The first-order chi connectivity index (χ1) is 16.6. The lowest BCUT2D eigenvalue weighted by atomic mass is 10.0. The first-order valence-electron chi connectivity index (χ1n) is 11.0. The second kappa shape index (κ2) is 14.6. The van der Waals surface area contributed by atoms with Crippen LogP contribution in [0.5, 0.6) is 23.0 Å². The van der Waals surface area contributed by atoms with Gasteiger partial charge in [-0.3, -0.25) is 4.79 Å². The van der Waals surface area contributed by atoms with Gasteiger partial charge >= 0.3 is 0 Å². The number of carbonyl (C=O) groups excluding carboxylic acids is 1. The predicted octanol–water partition coefficient (Wildman–Crippen LogP) is 7.02. The zero-order valence-corrected chi connectivity index (χ0v) is 19.1. The number of rotatable bonds is 11. The zero-order chi connectivity index (χ0) is 24.6. The molecular weight excluding hydrogens is 428 g/mol. The van der Waals surface area contributed by atoms with E-state index in [2.05, 4.69) is 48.6 Å². The van der Waals surface area contributed by atoms with Crippen molar-refractivity contribution >= 4 is 5.78 Å². The Balaban J connectivity index is -0.000000306. The van der Waals surface area contributed by atoms with Gasteiger partial charge in [-0.25, -0.2) is 0 Å². The van der Waals surface area contributed by atoms with Crippen LogP contribution in [0.4, 0.5) is 0 Å². The second-order valence-corrected chi connectivity index (χ2v) is 7.28. The van der Waals surface area contributed by atoms with E-state index in [4.69, 9.17) is 15.9 Å². The van der Waals surface area contributed by atoms with Crippen molar-refractivity contribution in [1.82, 2.24) is 0 Å². The average Bonchev–Trinajstić information content (AvgIpc) is 2.83. The minimum absolute atomic E-state index is 0. The molecule has 0 saturated carbocycles. The van der Waals surface area contributed by atoms with Gasteiger partial charge in [-0.2, -0.15) is 0 Å². The summed E-state index contributed by atoms with van der Waals surface area (Å²) in [4.78, 5) is 12.8. The minimum Gasteiger partial charge on any atom is -0.507 e. The van der Waals surface area contributed by atoms with Crippen LogP contribution in [0, 0.1) is 48.1 Å². The maximum Gasteiger partial charge on any atom is 0.200 e. The molecule has 5 nitrogen and oxygen atoms in total. The quantitative estimate of drug-likeness (QED) is 0.210. The van der Waals surface area contributed by atoms with Crippen LogP contribution in [0.1, 0.15) is 72.8 Å². The summed E-state index contributed by atoms with van der Waals surface area (Å²) in [5.41, 5.74) is 0.0692. The molecule has 34 heavy (non-hydrogen) atoms. The smallest absolute Gasteiger partial charge is 0.200 e. The highest BCUT2D eigenvalue weighted by Crippen LogP contribution is 2.30. The van der Waals surface area contributed by atoms with Crippen molar-refractivity contribution in [2.75, 3.05) is 6.61 Å². The van der Waals surface area contributed by atoms with E-state index in [1.54, 1.807) is 6.07 Å². The van der Waals surface area contributed by atoms with E-state index in [-0.39, 0.29) is 39.8 Å². The molecule has 0 aliphatic rings. The highest BCUT2D eigenvalue weighted by atomic mass is 16.5. The predicted molar refractivity (Wildman–Crippen MR) is 148 cm³/mol. The zero-order valence-electron chi connectivity index (χ0n) is 19.1. The molecule has 0 unspecified atom stereocenters. The topological polar surface area (TPSA) is 76.0 Å². The van der Waals surface area contributed by atoms with Crippen molar-refractivity contribution in [3.63, 3.8) is 0 Å². The van der Waals surface area contributed by atoms with E-state index in [0.29, 0.717) is 12.4 Å². The molecule has 5 heteroatoms. The van der Waals surface area contributed by atoms with Crippen molar-refractivity contribution in [1.29, 1.82) is 0 Å². The molecule has 0 saturated heterocycles. The number of carbonyl (C=O) groups is 1. The van der Waals surface area contributed by atoms with Crippen LogP contribution in [0.2, 0.25) is 0 Å². The third-order valence-corrected chi connectivity index (χ3v) is 4.74. The number of unbranched alkanes of at least 4 members (excludes halogenated alkanes) is 5. The van der Waals surface area contributed by atoms with Crippen LogP contribution < -0.4 is 9.47 Å². The standard InChI is InChI=1S/C29H26O5.8H2/c1-3-5-7-9-11-13-19-33-23-15-17-25(27(30)21-23)29(32)26-18-16-24(22-28(26)31)34-20-14-12-10-8-6-4-2;;;;;;;;/h1,15-18,21-22,30-31H,4,6,8,10,12,14,20H2,2H3;8*1H. The van der Waals surface area contributed by atoms with E-state index in [9.17, 15) is 15.0 Å². The number of terminal acetylenes is 1. The highest BCUT2D eigenvalue weighted by Gasteiger charge is 2.18. The maximum absolute atomic E-state index is 12.8. The van der Waals surface area contributed by atoms with Gasteiger partial charge in [0.25, 0.3) is 0 Å². The molecule has 2 aromatic carbocycles. The Bertz CT molecular complexity index is 1250. The van der Waals surface area contributed by atoms with Gasteiger partial charge in [-0.05, 0) is 48.4 Å². The van der Waals surface area contributed by atoms with Crippen molar-refractivity contribution in [2.24, 2.45) is 0 Å². The first kappa shape index (κ1) is 25.8. The Morgan fingerprint density at radius 1 is 0.853 bits per heavy atom. The van der Waals surface area contributed by atoms with Crippen LogP contribution in [0.3, 0.4) is 0 Å². The van der Waals surface area contributed by atoms with Gasteiger partial charge in [-0.15, -0.1) is 6.42 Å². The second-order valence-electron chi connectivity index (χ2n) is 7.28. The number of phenols is 2. The molecule has 2 aromatic rings. The third kappa shape index (κ3) is 8.59. The lowest BCUT2D eigenvalue weighted by Crippen LogP contribution is -2.03. The molecule has 0 radical (unpaired) electrons. The summed E-state index contributed by atoms with van der Waals surface area (Å²) in [6.07, 6.45) is 14.2. The highest BCUT2D eigenvalue weighted by molar-refractivity contribution is 6.12. The summed E-state index contributed by atoms with van der Waals surface area (Å²) >= 11 is 0. The number of ketones is 1.